The van der Waals surface area contributed by atoms with Crippen molar-refractivity contribution in [2.45, 2.75) is 26.3 Å². The van der Waals surface area contributed by atoms with Crippen molar-refractivity contribution in [3.8, 4) is 5.75 Å². The summed E-state index contributed by atoms with van der Waals surface area (Å²) >= 11 is 0. The van der Waals surface area contributed by atoms with Crippen molar-refractivity contribution in [1.82, 2.24) is 5.32 Å². The molecule has 2 aromatic rings. The van der Waals surface area contributed by atoms with Crippen LogP contribution in [0.1, 0.15) is 36.3 Å². The monoisotopic (exact) mass is 277 g/mol. The topological polar surface area (TPSA) is 34.4 Å². The summed E-state index contributed by atoms with van der Waals surface area (Å²) in [4.78, 5) is 0. The van der Waals surface area contributed by atoms with E-state index in [4.69, 9.17) is 9.15 Å². The molecule has 4 heteroatoms. The summed E-state index contributed by atoms with van der Waals surface area (Å²) in [6.07, 6.45) is 2.61. The molecule has 108 valence electrons. The highest BCUT2D eigenvalue weighted by Gasteiger charge is 2.20. The van der Waals surface area contributed by atoms with Gasteiger partial charge in [0.25, 0.3) is 0 Å². The molecule has 0 saturated carbocycles. The molecule has 0 amide bonds. The van der Waals surface area contributed by atoms with Gasteiger partial charge in [0.1, 0.15) is 17.3 Å². The zero-order valence-electron chi connectivity index (χ0n) is 12.1. The van der Waals surface area contributed by atoms with E-state index >= 15 is 0 Å². The number of halogens is 1. The Balaban J connectivity index is 2.38. The van der Waals surface area contributed by atoms with Crippen LogP contribution in [0.4, 0.5) is 4.39 Å². The van der Waals surface area contributed by atoms with E-state index < -0.39 is 0 Å². The highest BCUT2D eigenvalue weighted by molar-refractivity contribution is 5.37. The van der Waals surface area contributed by atoms with Gasteiger partial charge in [-0.05, 0) is 32.0 Å². The standard InChI is InChI=1S/C16H20FNO2/c1-4-8-18-16(13-7-9-20-11(13)2)14-6-5-12(19-3)10-15(14)17/h5-7,9-10,16,18H,4,8H2,1-3H3. The lowest BCUT2D eigenvalue weighted by molar-refractivity contribution is 0.410. The lowest BCUT2D eigenvalue weighted by Gasteiger charge is -2.19. The number of methoxy groups -OCH3 is 1. The minimum Gasteiger partial charge on any atom is -0.497 e. The number of hydrogen-bond acceptors (Lipinski definition) is 3. The van der Waals surface area contributed by atoms with Crippen LogP contribution in [0.5, 0.6) is 5.75 Å². The van der Waals surface area contributed by atoms with Crippen molar-refractivity contribution in [1.29, 1.82) is 0 Å². The fourth-order valence-corrected chi connectivity index (χ4v) is 2.24. The summed E-state index contributed by atoms with van der Waals surface area (Å²) < 4.78 is 24.7. The number of nitrogens with one attached hydrogen (secondary N) is 1. The second kappa shape index (κ2) is 6.57. The van der Waals surface area contributed by atoms with Crippen molar-refractivity contribution in [3.05, 3.63) is 53.2 Å². The summed E-state index contributed by atoms with van der Waals surface area (Å²) in [5.74, 6) is 1.04. The van der Waals surface area contributed by atoms with Gasteiger partial charge >= 0.3 is 0 Å². The van der Waals surface area contributed by atoms with E-state index in [1.165, 1.54) is 13.2 Å². The maximum atomic E-state index is 14.3. The fourth-order valence-electron chi connectivity index (χ4n) is 2.24. The van der Waals surface area contributed by atoms with E-state index in [0.29, 0.717) is 11.3 Å². The van der Waals surface area contributed by atoms with Crippen molar-refractivity contribution in [2.75, 3.05) is 13.7 Å². The molecule has 2 rings (SSSR count). The van der Waals surface area contributed by atoms with E-state index in [0.717, 1.165) is 24.3 Å². The lowest BCUT2D eigenvalue weighted by atomic mass is 9.98. The molecule has 0 fully saturated rings. The quantitative estimate of drug-likeness (QED) is 0.871. The molecule has 0 spiro atoms. The highest BCUT2D eigenvalue weighted by atomic mass is 19.1. The van der Waals surface area contributed by atoms with Gasteiger partial charge in [-0.15, -0.1) is 0 Å². The number of ether oxygens (including phenoxy) is 1. The van der Waals surface area contributed by atoms with Crippen LogP contribution in [0, 0.1) is 12.7 Å². The van der Waals surface area contributed by atoms with Gasteiger partial charge in [0, 0.05) is 17.2 Å². The second-order valence-corrected chi connectivity index (χ2v) is 4.71. The van der Waals surface area contributed by atoms with Crippen LogP contribution in [0.3, 0.4) is 0 Å². The van der Waals surface area contributed by atoms with Crippen LogP contribution in [-0.2, 0) is 0 Å². The summed E-state index contributed by atoms with van der Waals surface area (Å²) in [6, 6.07) is 6.61. The number of benzene rings is 1. The van der Waals surface area contributed by atoms with Crippen LogP contribution in [0.15, 0.2) is 34.9 Å². The molecule has 0 aliphatic rings. The highest BCUT2D eigenvalue weighted by Crippen LogP contribution is 2.29. The first-order valence-corrected chi connectivity index (χ1v) is 6.78. The van der Waals surface area contributed by atoms with E-state index in [-0.39, 0.29) is 11.9 Å². The summed E-state index contributed by atoms with van der Waals surface area (Å²) in [5.41, 5.74) is 1.56. The largest absolute Gasteiger partial charge is 0.497 e. The van der Waals surface area contributed by atoms with Crippen LogP contribution in [0.2, 0.25) is 0 Å². The van der Waals surface area contributed by atoms with Crippen LogP contribution >= 0.6 is 0 Å². The van der Waals surface area contributed by atoms with Gasteiger partial charge < -0.3 is 14.5 Å². The Morgan fingerprint density at radius 2 is 2.10 bits per heavy atom. The molecule has 0 aliphatic carbocycles. The van der Waals surface area contributed by atoms with Gasteiger partial charge in [0.15, 0.2) is 0 Å². The average Bonchev–Trinajstić information content (AvgIpc) is 2.87. The third kappa shape index (κ3) is 3.02. The number of rotatable bonds is 6. The first-order chi connectivity index (χ1) is 9.67. The molecule has 1 aromatic carbocycles. The van der Waals surface area contributed by atoms with E-state index in [9.17, 15) is 4.39 Å². The first kappa shape index (κ1) is 14.6. The maximum Gasteiger partial charge on any atom is 0.132 e. The average molecular weight is 277 g/mol. The zero-order valence-corrected chi connectivity index (χ0v) is 12.1. The molecular weight excluding hydrogens is 257 g/mol. The second-order valence-electron chi connectivity index (χ2n) is 4.71. The molecule has 1 heterocycles. The summed E-state index contributed by atoms with van der Waals surface area (Å²) in [7, 11) is 1.53. The third-order valence-electron chi connectivity index (χ3n) is 3.33. The molecule has 1 aromatic heterocycles. The fraction of sp³-hybridized carbons (Fsp3) is 0.375. The van der Waals surface area contributed by atoms with Gasteiger partial charge in [-0.25, -0.2) is 4.39 Å². The van der Waals surface area contributed by atoms with Crippen molar-refractivity contribution < 1.29 is 13.5 Å². The summed E-state index contributed by atoms with van der Waals surface area (Å²) in [5, 5.41) is 3.37. The van der Waals surface area contributed by atoms with E-state index in [1.807, 2.05) is 13.0 Å². The van der Waals surface area contributed by atoms with Gasteiger partial charge in [-0.1, -0.05) is 13.0 Å². The minimum atomic E-state index is -0.279. The number of furan rings is 1. The minimum absolute atomic E-state index is 0.209. The molecule has 3 nitrogen and oxygen atoms in total. The number of hydrogen-bond donors (Lipinski definition) is 1. The van der Waals surface area contributed by atoms with Crippen LogP contribution in [-0.4, -0.2) is 13.7 Å². The predicted molar refractivity (Wildman–Crippen MR) is 76.5 cm³/mol. The summed E-state index contributed by atoms with van der Waals surface area (Å²) in [6.45, 7) is 4.77. The molecular formula is C16H20FNO2. The Bertz CT molecular complexity index is 565. The van der Waals surface area contributed by atoms with Gasteiger partial charge in [-0.2, -0.15) is 0 Å². The SMILES string of the molecule is CCCNC(c1ccc(OC)cc1F)c1ccoc1C. The number of aryl methyl sites for hydroxylation is 1. The van der Waals surface area contributed by atoms with Crippen LogP contribution < -0.4 is 10.1 Å². The molecule has 0 radical (unpaired) electrons. The molecule has 20 heavy (non-hydrogen) atoms. The predicted octanol–water partition coefficient (Wildman–Crippen LogP) is 3.82. The first-order valence-electron chi connectivity index (χ1n) is 6.78. The zero-order chi connectivity index (χ0) is 14.5. The lowest BCUT2D eigenvalue weighted by Crippen LogP contribution is -2.24. The maximum absolute atomic E-state index is 14.3. The Kier molecular flexibility index (Phi) is 4.79. The smallest absolute Gasteiger partial charge is 0.132 e. The van der Waals surface area contributed by atoms with Crippen molar-refractivity contribution in [2.24, 2.45) is 0 Å². The van der Waals surface area contributed by atoms with Crippen molar-refractivity contribution >= 4 is 0 Å². The van der Waals surface area contributed by atoms with E-state index in [1.54, 1.807) is 18.4 Å². The molecule has 0 aliphatic heterocycles. The molecule has 1 atom stereocenters. The van der Waals surface area contributed by atoms with Gasteiger partial charge in [0.05, 0.1) is 19.4 Å². The molecule has 0 saturated heterocycles. The van der Waals surface area contributed by atoms with Crippen molar-refractivity contribution in [3.63, 3.8) is 0 Å². The Morgan fingerprint density at radius 3 is 2.65 bits per heavy atom. The third-order valence-corrected chi connectivity index (χ3v) is 3.33. The molecule has 0 bridgehead atoms. The van der Waals surface area contributed by atoms with Crippen LogP contribution in [0.25, 0.3) is 0 Å². The molecule has 1 N–H and O–H groups in total. The normalized spacial score (nSPS) is 12.4. The Labute approximate surface area is 118 Å². The Morgan fingerprint density at radius 1 is 1.30 bits per heavy atom. The van der Waals surface area contributed by atoms with E-state index in [2.05, 4.69) is 12.2 Å². The molecule has 1 unspecified atom stereocenters. The Hall–Kier alpha value is -1.81. The van der Waals surface area contributed by atoms with Gasteiger partial charge in [0.2, 0.25) is 0 Å². The van der Waals surface area contributed by atoms with Gasteiger partial charge in [-0.3, -0.25) is 0 Å².